The second-order valence-electron chi connectivity index (χ2n) is 5.08. The zero-order valence-electron chi connectivity index (χ0n) is 10.2. The van der Waals surface area contributed by atoms with E-state index < -0.39 is 17.7 Å². The summed E-state index contributed by atoms with van der Waals surface area (Å²) < 4.78 is 43.4. The molecule has 0 aromatic heterocycles. The molecule has 0 N–H and O–H groups in total. The Morgan fingerprint density at radius 1 is 1.06 bits per heavy atom. The highest BCUT2D eigenvalue weighted by Gasteiger charge is 2.47. The first-order valence-electron chi connectivity index (χ1n) is 5.43. The summed E-state index contributed by atoms with van der Waals surface area (Å²) in [5, 5.41) is 0. The number of rotatable bonds is 3. The molecule has 17 heavy (non-hydrogen) atoms. The molecule has 1 atom stereocenters. The Bertz CT molecular complexity index is 324. The van der Waals surface area contributed by atoms with Crippen LogP contribution in [0, 0.1) is 5.41 Å². The molecule has 0 aliphatic rings. The van der Waals surface area contributed by atoms with Crippen LogP contribution in [0.2, 0.25) is 0 Å². The van der Waals surface area contributed by atoms with E-state index in [0.29, 0.717) is 0 Å². The monoisotopic (exact) mass is 246 g/mol. The molecule has 0 radical (unpaired) electrons. The van der Waals surface area contributed by atoms with Crippen molar-refractivity contribution in [3.8, 4) is 0 Å². The van der Waals surface area contributed by atoms with E-state index >= 15 is 0 Å². The van der Waals surface area contributed by atoms with Crippen LogP contribution in [0.4, 0.5) is 13.2 Å². The van der Waals surface area contributed by atoms with Crippen molar-refractivity contribution in [2.75, 3.05) is 0 Å². The van der Waals surface area contributed by atoms with Crippen LogP contribution in [0.25, 0.3) is 0 Å². The average Bonchev–Trinajstić information content (AvgIpc) is 2.15. The van der Waals surface area contributed by atoms with Gasteiger partial charge in [0.25, 0.3) is 0 Å². The summed E-state index contributed by atoms with van der Waals surface area (Å²) in [5.74, 6) is 0. The molecule has 1 rings (SSSR count). The normalized spacial score (nSPS) is 14.7. The summed E-state index contributed by atoms with van der Waals surface area (Å²) in [7, 11) is 0. The maximum absolute atomic E-state index is 12.8. The van der Waals surface area contributed by atoms with Gasteiger partial charge in [0.2, 0.25) is 0 Å². The maximum atomic E-state index is 12.8. The lowest BCUT2D eigenvalue weighted by Gasteiger charge is -2.32. The molecular formula is C13H17F3O. The molecule has 0 fully saturated rings. The molecule has 0 heterocycles. The summed E-state index contributed by atoms with van der Waals surface area (Å²) in [6.07, 6.45) is -6.09. The number of hydrogen-bond donors (Lipinski definition) is 0. The third-order valence-electron chi connectivity index (χ3n) is 2.34. The molecule has 0 saturated heterocycles. The first kappa shape index (κ1) is 14.0. The third kappa shape index (κ3) is 4.38. The molecule has 0 saturated carbocycles. The first-order valence-corrected chi connectivity index (χ1v) is 5.43. The second kappa shape index (κ2) is 5.08. The first-order chi connectivity index (χ1) is 7.71. The molecule has 0 amide bonds. The Hall–Kier alpha value is -1.03. The second-order valence-corrected chi connectivity index (χ2v) is 5.08. The molecule has 1 aromatic carbocycles. The lowest BCUT2D eigenvalue weighted by atomic mass is 9.88. The lowest BCUT2D eigenvalue weighted by molar-refractivity contribution is -0.252. The van der Waals surface area contributed by atoms with Gasteiger partial charge in [-0.05, 0) is 11.0 Å². The Labute approximate surface area is 99.6 Å². The van der Waals surface area contributed by atoms with Crippen molar-refractivity contribution in [3.05, 3.63) is 35.9 Å². The molecule has 1 unspecified atom stereocenters. The number of hydrogen-bond acceptors (Lipinski definition) is 1. The van der Waals surface area contributed by atoms with Crippen LogP contribution in [-0.2, 0) is 11.3 Å². The average molecular weight is 246 g/mol. The van der Waals surface area contributed by atoms with Crippen LogP contribution in [0.15, 0.2) is 30.3 Å². The van der Waals surface area contributed by atoms with E-state index in [4.69, 9.17) is 4.74 Å². The van der Waals surface area contributed by atoms with E-state index in [-0.39, 0.29) is 6.61 Å². The van der Waals surface area contributed by atoms with Crippen molar-refractivity contribution < 1.29 is 17.9 Å². The van der Waals surface area contributed by atoms with E-state index in [1.165, 1.54) is 20.8 Å². The van der Waals surface area contributed by atoms with Gasteiger partial charge in [-0.25, -0.2) is 0 Å². The van der Waals surface area contributed by atoms with Gasteiger partial charge in [0, 0.05) is 0 Å². The van der Waals surface area contributed by atoms with Gasteiger partial charge < -0.3 is 4.74 Å². The van der Waals surface area contributed by atoms with Crippen molar-refractivity contribution in [3.63, 3.8) is 0 Å². The Kier molecular flexibility index (Phi) is 4.20. The van der Waals surface area contributed by atoms with Gasteiger partial charge in [-0.2, -0.15) is 13.2 Å². The third-order valence-corrected chi connectivity index (χ3v) is 2.34. The zero-order chi connectivity index (χ0) is 13.1. The van der Waals surface area contributed by atoms with E-state index in [9.17, 15) is 13.2 Å². The molecular weight excluding hydrogens is 229 g/mol. The smallest absolute Gasteiger partial charge is 0.364 e. The highest BCUT2D eigenvalue weighted by atomic mass is 19.4. The Morgan fingerprint density at radius 3 is 2.00 bits per heavy atom. The van der Waals surface area contributed by atoms with E-state index in [1.54, 1.807) is 24.3 Å². The van der Waals surface area contributed by atoms with Gasteiger partial charge in [-0.1, -0.05) is 51.1 Å². The van der Waals surface area contributed by atoms with Crippen molar-refractivity contribution in [2.45, 2.75) is 39.7 Å². The number of benzene rings is 1. The fraction of sp³-hybridized carbons (Fsp3) is 0.538. The minimum atomic E-state index is -4.34. The van der Waals surface area contributed by atoms with Crippen molar-refractivity contribution in [1.29, 1.82) is 0 Å². The number of ether oxygens (including phenoxy) is 1. The lowest BCUT2D eigenvalue weighted by Crippen LogP contribution is -2.42. The van der Waals surface area contributed by atoms with Crippen molar-refractivity contribution in [1.82, 2.24) is 0 Å². The van der Waals surface area contributed by atoms with Crippen LogP contribution < -0.4 is 0 Å². The van der Waals surface area contributed by atoms with Gasteiger partial charge in [0.1, 0.15) is 0 Å². The highest BCUT2D eigenvalue weighted by Crippen LogP contribution is 2.36. The largest absolute Gasteiger partial charge is 0.415 e. The van der Waals surface area contributed by atoms with Crippen LogP contribution in [-0.4, -0.2) is 12.3 Å². The molecule has 0 aliphatic carbocycles. The maximum Gasteiger partial charge on any atom is 0.415 e. The van der Waals surface area contributed by atoms with E-state index in [1.807, 2.05) is 6.07 Å². The highest BCUT2D eigenvalue weighted by molar-refractivity contribution is 5.13. The Morgan fingerprint density at radius 2 is 1.59 bits per heavy atom. The van der Waals surface area contributed by atoms with Gasteiger partial charge in [-0.15, -0.1) is 0 Å². The molecule has 0 bridgehead atoms. The summed E-state index contributed by atoms with van der Waals surface area (Å²) >= 11 is 0. The zero-order valence-corrected chi connectivity index (χ0v) is 10.2. The fourth-order valence-corrected chi connectivity index (χ4v) is 1.59. The molecule has 0 aliphatic heterocycles. The van der Waals surface area contributed by atoms with Crippen LogP contribution >= 0.6 is 0 Å². The predicted molar refractivity (Wildman–Crippen MR) is 60.5 cm³/mol. The van der Waals surface area contributed by atoms with Crippen LogP contribution in [0.5, 0.6) is 0 Å². The fourth-order valence-electron chi connectivity index (χ4n) is 1.59. The summed E-state index contributed by atoms with van der Waals surface area (Å²) in [4.78, 5) is 0. The summed E-state index contributed by atoms with van der Waals surface area (Å²) in [5.41, 5.74) is -0.224. The van der Waals surface area contributed by atoms with Gasteiger partial charge in [0.15, 0.2) is 6.10 Å². The van der Waals surface area contributed by atoms with Crippen LogP contribution in [0.3, 0.4) is 0 Å². The Balaban J connectivity index is 2.70. The number of alkyl halides is 3. The quantitative estimate of drug-likeness (QED) is 0.777. The molecule has 0 spiro atoms. The minimum Gasteiger partial charge on any atom is -0.364 e. The van der Waals surface area contributed by atoms with Gasteiger partial charge >= 0.3 is 6.18 Å². The predicted octanol–water partition coefficient (Wildman–Crippen LogP) is 4.18. The van der Waals surface area contributed by atoms with Crippen molar-refractivity contribution >= 4 is 0 Å². The topological polar surface area (TPSA) is 9.23 Å². The van der Waals surface area contributed by atoms with Gasteiger partial charge in [-0.3, -0.25) is 0 Å². The minimum absolute atomic E-state index is 0.0255. The standard InChI is InChI=1S/C13H17F3O/c1-12(2,3)11(13(14,15)16)17-9-10-7-5-4-6-8-10/h4-8,11H,9H2,1-3H3. The summed E-state index contributed by atoms with van der Waals surface area (Å²) in [6, 6.07) is 8.86. The summed E-state index contributed by atoms with van der Waals surface area (Å²) in [6.45, 7) is 4.55. The van der Waals surface area contributed by atoms with Gasteiger partial charge in [0.05, 0.1) is 6.61 Å². The van der Waals surface area contributed by atoms with Crippen LogP contribution in [0.1, 0.15) is 26.3 Å². The molecule has 4 heteroatoms. The number of halogens is 3. The van der Waals surface area contributed by atoms with E-state index in [0.717, 1.165) is 5.56 Å². The van der Waals surface area contributed by atoms with Crippen molar-refractivity contribution in [2.24, 2.45) is 5.41 Å². The molecule has 1 nitrogen and oxygen atoms in total. The molecule has 96 valence electrons. The molecule has 1 aromatic rings. The SMILES string of the molecule is CC(C)(C)C(OCc1ccccc1)C(F)(F)F. The van der Waals surface area contributed by atoms with E-state index in [2.05, 4.69) is 0 Å².